The molecule has 24 heavy (non-hydrogen) atoms. The maximum Gasteiger partial charge on any atom is 0.306 e. The van der Waals surface area contributed by atoms with Crippen LogP contribution in [0.5, 0.6) is 0 Å². The molecular formula is C22H28O2. The smallest absolute Gasteiger partial charge is 0.306 e. The zero-order valence-corrected chi connectivity index (χ0v) is 14.7. The summed E-state index contributed by atoms with van der Waals surface area (Å²) in [4.78, 5) is 10.8. The van der Waals surface area contributed by atoms with Crippen molar-refractivity contribution >= 4 is 16.7 Å². The van der Waals surface area contributed by atoms with Crippen molar-refractivity contribution in [3.8, 4) is 0 Å². The molecule has 2 aliphatic rings. The number of aliphatic carboxylic acids is 1. The summed E-state index contributed by atoms with van der Waals surface area (Å²) in [5, 5.41) is 11.5. The molecule has 0 aromatic heterocycles. The molecule has 3 unspecified atom stereocenters. The molecule has 3 atom stereocenters. The average molecular weight is 324 g/mol. The van der Waals surface area contributed by atoms with Gasteiger partial charge >= 0.3 is 5.97 Å². The van der Waals surface area contributed by atoms with Gasteiger partial charge in [0.25, 0.3) is 0 Å². The molecule has 1 N–H and O–H groups in total. The largest absolute Gasteiger partial charge is 0.481 e. The summed E-state index contributed by atoms with van der Waals surface area (Å²) in [5.41, 5.74) is 0.453. The van der Waals surface area contributed by atoms with Crippen LogP contribution in [0.15, 0.2) is 48.5 Å². The fourth-order valence-electron chi connectivity index (χ4n) is 4.27. The Morgan fingerprint density at radius 2 is 1.58 bits per heavy atom. The van der Waals surface area contributed by atoms with Crippen LogP contribution in [0.25, 0.3) is 10.8 Å². The first-order valence-corrected chi connectivity index (χ1v) is 9.13. The SMILES string of the molecule is CC1(C)CCCC(C2CC2C(=O)O)C1.c1ccc2ccccc2c1. The van der Waals surface area contributed by atoms with Gasteiger partial charge in [0, 0.05) is 0 Å². The highest BCUT2D eigenvalue weighted by atomic mass is 16.4. The van der Waals surface area contributed by atoms with Gasteiger partial charge in [-0.2, -0.15) is 0 Å². The number of carbonyl (C=O) groups is 1. The maximum absolute atomic E-state index is 10.8. The Labute approximate surface area is 144 Å². The lowest BCUT2D eigenvalue weighted by molar-refractivity contribution is -0.139. The van der Waals surface area contributed by atoms with E-state index in [4.69, 9.17) is 5.11 Å². The highest BCUT2D eigenvalue weighted by molar-refractivity contribution is 5.82. The van der Waals surface area contributed by atoms with Gasteiger partial charge in [0.05, 0.1) is 5.92 Å². The molecule has 128 valence electrons. The highest BCUT2D eigenvalue weighted by Crippen LogP contribution is 2.52. The minimum atomic E-state index is -0.571. The third-order valence-electron chi connectivity index (χ3n) is 5.66. The lowest BCUT2D eigenvalue weighted by atomic mass is 9.70. The van der Waals surface area contributed by atoms with E-state index in [0.29, 0.717) is 17.3 Å². The van der Waals surface area contributed by atoms with Crippen molar-refractivity contribution < 1.29 is 9.90 Å². The highest BCUT2D eigenvalue weighted by Gasteiger charge is 2.49. The van der Waals surface area contributed by atoms with Crippen molar-refractivity contribution in [3.05, 3.63) is 48.5 Å². The van der Waals surface area contributed by atoms with Gasteiger partial charge in [0.15, 0.2) is 0 Å². The third kappa shape index (κ3) is 4.17. The minimum absolute atomic E-state index is 0.00565. The van der Waals surface area contributed by atoms with Crippen molar-refractivity contribution in [1.82, 2.24) is 0 Å². The predicted molar refractivity (Wildman–Crippen MR) is 98.9 cm³/mol. The Morgan fingerprint density at radius 3 is 2.00 bits per heavy atom. The Bertz CT molecular complexity index is 638. The van der Waals surface area contributed by atoms with Gasteiger partial charge < -0.3 is 5.11 Å². The van der Waals surface area contributed by atoms with Crippen molar-refractivity contribution in [2.45, 2.75) is 46.0 Å². The van der Waals surface area contributed by atoms with Crippen LogP contribution in [0, 0.1) is 23.2 Å². The molecule has 2 aromatic rings. The molecule has 4 rings (SSSR count). The Hall–Kier alpha value is -1.83. The van der Waals surface area contributed by atoms with Crippen LogP contribution in [0.3, 0.4) is 0 Å². The first-order chi connectivity index (χ1) is 11.5. The normalized spacial score (nSPS) is 27.8. The standard InChI is InChI=1S/C12H20O2.C10H8/c1-12(2)5-3-4-8(7-12)9-6-10(9)11(13)14;1-2-6-10-8-4-3-7-9(10)5-1/h8-10H,3-7H2,1-2H3,(H,13,14);1-8H. The first kappa shape index (κ1) is 17.0. The van der Waals surface area contributed by atoms with Crippen LogP contribution >= 0.6 is 0 Å². The van der Waals surface area contributed by atoms with Gasteiger partial charge in [-0.1, -0.05) is 75.2 Å². The summed E-state index contributed by atoms with van der Waals surface area (Å²) in [6, 6.07) is 16.7. The van der Waals surface area contributed by atoms with E-state index in [1.54, 1.807) is 0 Å². The van der Waals surface area contributed by atoms with Gasteiger partial charge in [-0.05, 0) is 47.3 Å². The molecule has 2 nitrogen and oxygen atoms in total. The lowest BCUT2D eigenvalue weighted by Crippen LogP contribution is -2.24. The van der Waals surface area contributed by atoms with Crippen molar-refractivity contribution in [1.29, 1.82) is 0 Å². The fraction of sp³-hybridized carbons (Fsp3) is 0.500. The molecule has 2 aromatic carbocycles. The summed E-state index contributed by atoms with van der Waals surface area (Å²) in [6.45, 7) is 4.63. The average Bonchev–Trinajstić information content (AvgIpc) is 3.36. The Kier molecular flexibility index (Phi) is 4.93. The molecule has 0 saturated heterocycles. The van der Waals surface area contributed by atoms with Crippen molar-refractivity contribution in [2.24, 2.45) is 23.2 Å². The van der Waals surface area contributed by atoms with E-state index >= 15 is 0 Å². The number of hydrogen-bond acceptors (Lipinski definition) is 1. The molecule has 0 amide bonds. The Balaban J connectivity index is 0.000000149. The molecule has 2 fully saturated rings. The van der Waals surface area contributed by atoms with Gasteiger partial charge in [-0.25, -0.2) is 0 Å². The summed E-state index contributed by atoms with van der Waals surface area (Å²) in [5.74, 6) is 0.624. The zero-order chi connectivity index (χ0) is 17.2. The second kappa shape index (κ2) is 6.96. The van der Waals surface area contributed by atoms with E-state index in [0.717, 1.165) is 6.42 Å². The van der Waals surface area contributed by atoms with E-state index in [2.05, 4.69) is 62.4 Å². The molecular weight excluding hydrogens is 296 g/mol. The number of fused-ring (bicyclic) bond motifs is 1. The molecule has 2 saturated carbocycles. The van der Waals surface area contributed by atoms with E-state index in [1.807, 2.05) is 0 Å². The third-order valence-corrected chi connectivity index (χ3v) is 5.66. The van der Waals surface area contributed by atoms with Crippen LogP contribution in [-0.4, -0.2) is 11.1 Å². The van der Waals surface area contributed by atoms with Crippen molar-refractivity contribution in [3.63, 3.8) is 0 Å². The van der Waals surface area contributed by atoms with Gasteiger partial charge in [-0.15, -0.1) is 0 Å². The minimum Gasteiger partial charge on any atom is -0.481 e. The topological polar surface area (TPSA) is 37.3 Å². The van der Waals surface area contributed by atoms with Crippen LogP contribution in [0.4, 0.5) is 0 Å². The fourth-order valence-corrected chi connectivity index (χ4v) is 4.27. The number of carboxylic acids is 1. The molecule has 0 heterocycles. The monoisotopic (exact) mass is 324 g/mol. The summed E-state index contributed by atoms with van der Waals surface area (Å²) in [7, 11) is 0. The van der Waals surface area contributed by atoms with Gasteiger partial charge in [0.1, 0.15) is 0 Å². The molecule has 0 aliphatic heterocycles. The van der Waals surface area contributed by atoms with Gasteiger partial charge in [0.2, 0.25) is 0 Å². The second-order valence-electron chi connectivity index (χ2n) is 8.21. The van der Waals surface area contributed by atoms with Crippen LogP contribution in [-0.2, 0) is 4.79 Å². The zero-order valence-electron chi connectivity index (χ0n) is 14.7. The summed E-state index contributed by atoms with van der Waals surface area (Å²) in [6.07, 6.45) is 6.05. The number of rotatable bonds is 2. The molecule has 0 radical (unpaired) electrons. The van der Waals surface area contributed by atoms with E-state index in [9.17, 15) is 4.79 Å². The van der Waals surface area contributed by atoms with Crippen LogP contribution in [0.2, 0.25) is 0 Å². The maximum atomic E-state index is 10.8. The lowest BCUT2D eigenvalue weighted by Gasteiger charge is -2.35. The molecule has 0 spiro atoms. The van der Waals surface area contributed by atoms with E-state index in [-0.39, 0.29) is 5.92 Å². The van der Waals surface area contributed by atoms with Crippen molar-refractivity contribution in [2.75, 3.05) is 0 Å². The Morgan fingerprint density at radius 1 is 1.04 bits per heavy atom. The quantitative estimate of drug-likeness (QED) is 0.762. The first-order valence-electron chi connectivity index (χ1n) is 9.13. The van der Waals surface area contributed by atoms with E-state index in [1.165, 1.54) is 36.5 Å². The second-order valence-corrected chi connectivity index (χ2v) is 8.21. The van der Waals surface area contributed by atoms with Crippen LogP contribution in [0.1, 0.15) is 46.0 Å². The molecule has 2 heteroatoms. The molecule has 2 aliphatic carbocycles. The number of benzene rings is 2. The molecule has 0 bridgehead atoms. The van der Waals surface area contributed by atoms with E-state index < -0.39 is 5.97 Å². The van der Waals surface area contributed by atoms with Crippen LogP contribution < -0.4 is 0 Å². The summed E-state index contributed by atoms with van der Waals surface area (Å²) < 4.78 is 0. The van der Waals surface area contributed by atoms with Gasteiger partial charge in [-0.3, -0.25) is 4.79 Å². The number of hydrogen-bond donors (Lipinski definition) is 1. The summed E-state index contributed by atoms with van der Waals surface area (Å²) >= 11 is 0. The number of carboxylic acid groups (broad SMARTS) is 1. The predicted octanol–water partition coefficient (Wildman–Crippen LogP) is 5.76.